The zero-order chi connectivity index (χ0) is 17.2. The molecule has 0 amide bonds. The second-order valence-electron chi connectivity index (χ2n) is 6.12. The molecule has 0 saturated carbocycles. The molecule has 2 heterocycles. The van der Waals surface area contributed by atoms with Gasteiger partial charge in [-0.2, -0.15) is 5.10 Å². The lowest BCUT2D eigenvalue weighted by Crippen LogP contribution is -2.35. The molecule has 0 aliphatic heterocycles. The molecule has 128 valence electrons. The molecule has 0 fully saturated rings. The van der Waals surface area contributed by atoms with Crippen LogP contribution in [0.4, 0.5) is 0 Å². The molecule has 2 N–H and O–H groups in total. The lowest BCUT2D eigenvalue weighted by atomic mass is 9.96. The Morgan fingerprint density at radius 2 is 2.13 bits per heavy atom. The molecule has 6 nitrogen and oxygen atoms in total. The predicted molar refractivity (Wildman–Crippen MR) is 88.6 cm³/mol. The summed E-state index contributed by atoms with van der Waals surface area (Å²) in [5.41, 5.74) is 1.86. The molecular weight excluding hydrogens is 294 g/mol. The number of aromatic nitrogens is 2. The van der Waals surface area contributed by atoms with Crippen molar-refractivity contribution in [3.05, 3.63) is 34.4 Å². The Balaban J connectivity index is 2.09. The number of methoxy groups -OCH3 is 1. The number of hydrogen-bond donors (Lipinski definition) is 2. The fraction of sp³-hybridized carbons (Fsp3) is 0.588. The third kappa shape index (κ3) is 3.59. The molecule has 1 atom stereocenters. The van der Waals surface area contributed by atoms with E-state index in [2.05, 4.69) is 17.3 Å². The molecule has 23 heavy (non-hydrogen) atoms. The van der Waals surface area contributed by atoms with Crippen molar-refractivity contribution >= 4 is 0 Å². The standard InChI is InChI=1S/C17H27N3O3/c1-7-15-13(16(22-6)20(5)19-15)9-18-10-17(4,21)14-8-11(2)23-12(14)3/h8,18,21H,7,9-10H2,1-6H3. The van der Waals surface area contributed by atoms with Gasteiger partial charge in [-0.15, -0.1) is 0 Å². The first-order chi connectivity index (χ1) is 10.8. The lowest BCUT2D eigenvalue weighted by Gasteiger charge is -2.23. The van der Waals surface area contributed by atoms with E-state index in [1.165, 1.54) is 0 Å². The highest BCUT2D eigenvalue weighted by atomic mass is 16.5. The third-order valence-electron chi connectivity index (χ3n) is 4.09. The number of aliphatic hydroxyl groups is 1. The number of aryl methyl sites for hydroxylation is 4. The highest BCUT2D eigenvalue weighted by Crippen LogP contribution is 2.27. The molecule has 2 rings (SSSR count). The molecule has 2 aromatic rings. The summed E-state index contributed by atoms with van der Waals surface area (Å²) in [5.74, 6) is 2.31. The van der Waals surface area contributed by atoms with E-state index < -0.39 is 5.60 Å². The Labute approximate surface area is 137 Å². The SMILES string of the molecule is CCc1nn(C)c(OC)c1CNCC(C)(O)c1cc(C)oc1C. The van der Waals surface area contributed by atoms with Gasteiger partial charge >= 0.3 is 0 Å². The van der Waals surface area contributed by atoms with E-state index in [9.17, 15) is 5.11 Å². The average molecular weight is 321 g/mol. The van der Waals surface area contributed by atoms with Gasteiger partial charge in [0, 0.05) is 25.7 Å². The van der Waals surface area contributed by atoms with Crippen molar-refractivity contribution < 1.29 is 14.3 Å². The Morgan fingerprint density at radius 3 is 2.65 bits per heavy atom. The van der Waals surface area contributed by atoms with Gasteiger partial charge < -0.3 is 19.6 Å². The monoisotopic (exact) mass is 321 g/mol. The van der Waals surface area contributed by atoms with Crippen molar-refractivity contribution in [2.75, 3.05) is 13.7 Å². The van der Waals surface area contributed by atoms with Crippen molar-refractivity contribution in [2.24, 2.45) is 7.05 Å². The first-order valence-corrected chi connectivity index (χ1v) is 7.89. The maximum absolute atomic E-state index is 10.7. The van der Waals surface area contributed by atoms with Crippen molar-refractivity contribution in [3.63, 3.8) is 0 Å². The van der Waals surface area contributed by atoms with Crippen LogP contribution in [0.1, 0.15) is 42.2 Å². The Bertz CT molecular complexity index is 671. The Hall–Kier alpha value is -1.79. The van der Waals surface area contributed by atoms with E-state index >= 15 is 0 Å². The van der Waals surface area contributed by atoms with E-state index in [0.29, 0.717) is 13.1 Å². The zero-order valence-corrected chi connectivity index (χ0v) is 14.9. The Morgan fingerprint density at radius 1 is 1.43 bits per heavy atom. The van der Waals surface area contributed by atoms with Crippen LogP contribution < -0.4 is 10.1 Å². The van der Waals surface area contributed by atoms with Crippen LogP contribution in [-0.2, 0) is 25.6 Å². The molecule has 1 unspecified atom stereocenters. The quantitative estimate of drug-likeness (QED) is 0.818. The topological polar surface area (TPSA) is 72.5 Å². The van der Waals surface area contributed by atoms with Crippen LogP contribution >= 0.6 is 0 Å². The van der Waals surface area contributed by atoms with Gasteiger partial charge in [-0.1, -0.05) is 6.92 Å². The molecule has 0 radical (unpaired) electrons. The van der Waals surface area contributed by atoms with Crippen LogP contribution in [0.2, 0.25) is 0 Å². The van der Waals surface area contributed by atoms with Crippen LogP contribution in [0.15, 0.2) is 10.5 Å². The van der Waals surface area contributed by atoms with Crippen molar-refractivity contribution in [1.29, 1.82) is 0 Å². The van der Waals surface area contributed by atoms with E-state index in [0.717, 1.165) is 40.6 Å². The van der Waals surface area contributed by atoms with Gasteiger partial charge in [0.15, 0.2) is 0 Å². The second kappa shape index (κ2) is 6.76. The zero-order valence-electron chi connectivity index (χ0n) is 14.9. The number of nitrogens with one attached hydrogen (secondary N) is 1. The summed E-state index contributed by atoms with van der Waals surface area (Å²) in [6, 6.07) is 1.89. The number of ether oxygens (including phenoxy) is 1. The predicted octanol–water partition coefficient (Wildman–Crippen LogP) is 2.20. The fourth-order valence-corrected chi connectivity index (χ4v) is 3.01. The fourth-order valence-electron chi connectivity index (χ4n) is 3.01. The molecule has 0 aromatic carbocycles. The van der Waals surface area contributed by atoms with E-state index in [4.69, 9.17) is 9.15 Å². The normalized spacial score (nSPS) is 14.0. The van der Waals surface area contributed by atoms with E-state index in [1.807, 2.05) is 27.0 Å². The van der Waals surface area contributed by atoms with Gasteiger partial charge in [0.05, 0.1) is 18.4 Å². The maximum atomic E-state index is 10.7. The summed E-state index contributed by atoms with van der Waals surface area (Å²) in [7, 11) is 3.52. The molecule has 2 aromatic heterocycles. The van der Waals surface area contributed by atoms with Gasteiger partial charge in [-0.25, -0.2) is 4.68 Å². The van der Waals surface area contributed by atoms with E-state index in [-0.39, 0.29) is 0 Å². The van der Waals surface area contributed by atoms with Crippen LogP contribution in [0, 0.1) is 13.8 Å². The van der Waals surface area contributed by atoms with Crippen LogP contribution in [0.3, 0.4) is 0 Å². The minimum Gasteiger partial charge on any atom is -0.481 e. The molecule has 0 saturated heterocycles. The summed E-state index contributed by atoms with van der Waals surface area (Å²) in [5, 5.41) is 18.5. The summed E-state index contributed by atoms with van der Waals surface area (Å²) in [6.45, 7) is 8.61. The van der Waals surface area contributed by atoms with Gasteiger partial charge in [0.1, 0.15) is 17.1 Å². The van der Waals surface area contributed by atoms with Gasteiger partial charge in [0.25, 0.3) is 0 Å². The first-order valence-electron chi connectivity index (χ1n) is 7.89. The average Bonchev–Trinajstić information content (AvgIpc) is 2.98. The highest BCUT2D eigenvalue weighted by molar-refractivity contribution is 5.32. The van der Waals surface area contributed by atoms with Crippen molar-refractivity contribution in [2.45, 2.75) is 46.3 Å². The minimum atomic E-state index is -0.996. The Kier molecular flexibility index (Phi) is 5.16. The van der Waals surface area contributed by atoms with Gasteiger partial charge in [-0.3, -0.25) is 0 Å². The smallest absolute Gasteiger partial charge is 0.216 e. The molecule has 0 spiro atoms. The van der Waals surface area contributed by atoms with Crippen LogP contribution in [0.5, 0.6) is 5.88 Å². The second-order valence-corrected chi connectivity index (χ2v) is 6.12. The van der Waals surface area contributed by atoms with Gasteiger partial charge in [0.2, 0.25) is 5.88 Å². The van der Waals surface area contributed by atoms with Crippen LogP contribution in [0.25, 0.3) is 0 Å². The maximum Gasteiger partial charge on any atom is 0.216 e. The van der Waals surface area contributed by atoms with Crippen LogP contribution in [-0.4, -0.2) is 28.5 Å². The largest absolute Gasteiger partial charge is 0.481 e. The molecule has 0 bridgehead atoms. The summed E-state index contributed by atoms with van der Waals surface area (Å²) in [4.78, 5) is 0. The molecular formula is C17H27N3O3. The summed E-state index contributed by atoms with van der Waals surface area (Å²) < 4.78 is 12.7. The minimum absolute atomic E-state index is 0.411. The van der Waals surface area contributed by atoms with Gasteiger partial charge in [-0.05, 0) is 33.3 Å². The summed E-state index contributed by atoms with van der Waals surface area (Å²) >= 11 is 0. The number of nitrogens with zero attached hydrogens (tertiary/aromatic N) is 2. The van der Waals surface area contributed by atoms with Crippen molar-refractivity contribution in [3.8, 4) is 5.88 Å². The van der Waals surface area contributed by atoms with Crippen molar-refractivity contribution in [1.82, 2.24) is 15.1 Å². The molecule has 0 aliphatic carbocycles. The first kappa shape index (κ1) is 17.6. The molecule has 0 aliphatic rings. The summed E-state index contributed by atoms with van der Waals surface area (Å²) in [6.07, 6.45) is 0.838. The number of furan rings is 1. The van der Waals surface area contributed by atoms with E-state index in [1.54, 1.807) is 18.7 Å². The highest BCUT2D eigenvalue weighted by Gasteiger charge is 2.27. The number of hydrogen-bond acceptors (Lipinski definition) is 5. The lowest BCUT2D eigenvalue weighted by molar-refractivity contribution is 0.0551. The number of rotatable bonds is 7. The molecule has 6 heteroatoms. The third-order valence-corrected chi connectivity index (χ3v) is 4.09.